The van der Waals surface area contributed by atoms with Gasteiger partial charge in [0.2, 0.25) is 6.08 Å². The van der Waals surface area contributed by atoms with Crippen LogP contribution in [0.4, 0.5) is 5.69 Å². The molecule has 106 valence electrons. The number of rotatable bonds is 6. The van der Waals surface area contributed by atoms with Crippen LogP contribution in [-0.2, 0) is 20.9 Å². The third-order valence-electron chi connectivity index (χ3n) is 2.61. The Morgan fingerprint density at radius 2 is 1.76 bits per heavy atom. The molecule has 0 unspecified atom stereocenters. The van der Waals surface area contributed by atoms with Gasteiger partial charge in [-0.15, -0.1) is 0 Å². The largest absolute Gasteiger partial charge is 0.482 e. The van der Waals surface area contributed by atoms with Crippen LogP contribution in [0.2, 0.25) is 0 Å². The maximum absolute atomic E-state index is 11.5. The van der Waals surface area contributed by atoms with Gasteiger partial charge in [0.1, 0.15) is 12.4 Å². The van der Waals surface area contributed by atoms with Crippen molar-refractivity contribution in [2.75, 3.05) is 6.61 Å². The van der Waals surface area contributed by atoms with Crippen molar-refractivity contribution in [2.24, 2.45) is 4.99 Å². The maximum atomic E-state index is 11.5. The molecular formula is C16H13NO4. The van der Waals surface area contributed by atoms with Crippen LogP contribution in [0.25, 0.3) is 0 Å². The summed E-state index contributed by atoms with van der Waals surface area (Å²) in [5.41, 5.74) is 1.39. The minimum atomic E-state index is -0.450. The summed E-state index contributed by atoms with van der Waals surface area (Å²) < 4.78 is 10.4. The van der Waals surface area contributed by atoms with Crippen LogP contribution >= 0.6 is 0 Å². The van der Waals surface area contributed by atoms with Crippen molar-refractivity contribution in [1.82, 2.24) is 0 Å². The number of isocyanates is 1. The van der Waals surface area contributed by atoms with Crippen molar-refractivity contribution in [3.05, 3.63) is 60.2 Å². The van der Waals surface area contributed by atoms with E-state index in [0.29, 0.717) is 11.4 Å². The number of hydrogen-bond donors (Lipinski definition) is 0. The molecule has 0 radical (unpaired) electrons. The van der Waals surface area contributed by atoms with Gasteiger partial charge in [-0.3, -0.25) is 0 Å². The Kier molecular flexibility index (Phi) is 5.26. The van der Waals surface area contributed by atoms with Gasteiger partial charge in [-0.05, 0) is 29.8 Å². The number of carbonyl (C=O) groups excluding carboxylic acids is 2. The van der Waals surface area contributed by atoms with E-state index in [-0.39, 0.29) is 13.2 Å². The zero-order chi connectivity index (χ0) is 14.9. The standard InChI is InChI=1S/C16H13NO4/c18-12-17-14-6-8-15(9-7-14)20-11-16(19)21-10-13-4-2-1-3-5-13/h1-9H,10-11H2. The first-order valence-electron chi connectivity index (χ1n) is 6.28. The van der Waals surface area contributed by atoms with Crippen molar-refractivity contribution in [2.45, 2.75) is 6.61 Å². The van der Waals surface area contributed by atoms with Crippen LogP contribution in [-0.4, -0.2) is 18.7 Å². The normalized spacial score (nSPS) is 9.52. The average Bonchev–Trinajstić information content (AvgIpc) is 2.53. The summed E-state index contributed by atoms with van der Waals surface area (Å²) in [6.07, 6.45) is 1.45. The van der Waals surface area contributed by atoms with Crippen molar-refractivity contribution >= 4 is 17.7 Å². The summed E-state index contributed by atoms with van der Waals surface area (Å²) in [4.78, 5) is 25.1. The fraction of sp³-hybridized carbons (Fsp3) is 0.125. The minimum absolute atomic E-state index is 0.177. The van der Waals surface area contributed by atoms with E-state index in [1.165, 1.54) is 6.08 Å². The van der Waals surface area contributed by atoms with Crippen LogP contribution in [0.3, 0.4) is 0 Å². The van der Waals surface area contributed by atoms with E-state index in [9.17, 15) is 9.59 Å². The Balaban J connectivity index is 1.77. The van der Waals surface area contributed by atoms with Gasteiger partial charge in [0.15, 0.2) is 6.61 Å². The molecule has 0 N–H and O–H groups in total. The molecule has 0 fully saturated rings. The molecule has 0 aliphatic carbocycles. The molecule has 21 heavy (non-hydrogen) atoms. The lowest BCUT2D eigenvalue weighted by Gasteiger charge is -2.07. The molecule has 5 nitrogen and oxygen atoms in total. The van der Waals surface area contributed by atoms with Crippen LogP contribution in [0.1, 0.15) is 5.56 Å². The van der Waals surface area contributed by atoms with Crippen LogP contribution in [0, 0.1) is 0 Å². The predicted octanol–water partition coefficient (Wildman–Crippen LogP) is 2.78. The molecule has 0 bridgehead atoms. The number of nitrogens with zero attached hydrogens (tertiary/aromatic N) is 1. The van der Waals surface area contributed by atoms with Crippen molar-refractivity contribution in [3.8, 4) is 5.75 Å². The van der Waals surface area contributed by atoms with Crippen LogP contribution in [0.15, 0.2) is 59.6 Å². The summed E-state index contributed by atoms with van der Waals surface area (Å²) >= 11 is 0. The van der Waals surface area contributed by atoms with Gasteiger partial charge in [-0.1, -0.05) is 30.3 Å². The average molecular weight is 283 g/mol. The molecule has 0 saturated heterocycles. The maximum Gasteiger partial charge on any atom is 0.344 e. The lowest BCUT2D eigenvalue weighted by atomic mass is 10.2. The Labute approximate surface area is 121 Å². The fourth-order valence-corrected chi connectivity index (χ4v) is 1.59. The molecule has 0 aromatic heterocycles. The van der Waals surface area contributed by atoms with Crippen LogP contribution < -0.4 is 4.74 Å². The summed E-state index contributed by atoms with van der Waals surface area (Å²) in [7, 11) is 0. The van der Waals surface area contributed by atoms with Gasteiger partial charge >= 0.3 is 5.97 Å². The zero-order valence-corrected chi connectivity index (χ0v) is 11.2. The molecule has 2 aromatic rings. The number of hydrogen-bond acceptors (Lipinski definition) is 5. The van der Waals surface area contributed by atoms with Crippen molar-refractivity contribution < 1.29 is 19.1 Å². The topological polar surface area (TPSA) is 65.0 Å². The molecular weight excluding hydrogens is 270 g/mol. The third kappa shape index (κ3) is 4.93. The molecule has 2 rings (SSSR count). The Morgan fingerprint density at radius 3 is 2.43 bits per heavy atom. The first kappa shape index (κ1) is 14.5. The lowest BCUT2D eigenvalue weighted by Crippen LogP contribution is -2.14. The number of ether oxygens (including phenoxy) is 2. The second-order valence-electron chi connectivity index (χ2n) is 4.13. The number of benzene rings is 2. The van der Waals surface area contributed by atoms with Crippen molar-refractivity contribution in [1.29, 1.82) is 0 Å². The van der Waals surface area contributed by atoms with Gasteiger partial charge in [-0.25, -0.2) is 9.59 Å². The number of carbonyl (C=O) groups is 1. The lowest BCUT2D eigenvalue weighted by molar-refractivity contribution is -0.147. The molecule has 0 amide bonds. The fourth-order valence-electron chi connectivity index (χ4n) is 1.59. The Hall–Kier alpha value is -2.91. The highest BCUT2D eigenvalue weighted by Gasteiger charge is 2.04. The highest BCUT2D eigenvalue weighted by atomic mass is 16.6. The van der Waals surface area contributed by atoms with E-state index in [0.717, 1.165) is 5.56 Å². The molecule has 0 saturated carbocycles. The SMILES string of the molecule is O=C=Nc1ccc(OCC(=O)OCc2ccccc2)cc1. The van der Waals surface area contributed by atoms with Crippen molar-refractivity contribution in [3.63, 3.8) is 0 Å². The highest BCUT2D eigenvalue weighted by molar-refractivity contribution is 5.71. The van der Waals surface area contributed by atoms with E-state index in [1.54, 1.807) is 24.3 Å². The smallest absolute Gasteiger partial charge is 0.344 e. The summed E-state index contributed by atoms with van der Waals surface area (Å²) in [5, 5.41) is 0. The molecule has 5 heteroatoms. The molecule has 0 aliphatic heterocycles. The molecule has 0 heterocycles. The van der Waals surface area contributed by atoms with Gasteiger partial charge in [0.05, 0.1) is 5.69 Å². The van der Waals surface area contributed by atoms with Gasteiger partial charge < -0.3 is 9.47 Å². The van der Waals surface area contributed by atoms with Crippen LogP contribution in [0.5, 0.6) is 5.75 Å². The highest BCUT2D eigenvalue weighted by Crippen LogP contribution is 2.17. The summed E-state index contributed by atoms with van der Waals surface area (Å²) in [6, 6.07) is 15.8. The zero-order valence-electron chi connectivity index (χ0n) is 11.2. The first-order chi connectivity index (χ1) is 10.3. The second kappa shape index (κ2) is 7.62. The minimum Gasteiger partial charge on any atom is -0.482 e. The van der Waals surface area contributed by atoms with Gasteiger partial charge in [0.25, 0.3) is 0 Å². The van der Waals surface area contributed by atoms with E-state index < -0.39 is 5.97 Å². The van der Waals surface area contributed by atoms with Gasteiger partial charge in [0, 0.05) is 0 Å². The van der Waals surface area contributed by atoms with E-state index in [1.807, 2.05) is 30.3 Å². The molecule has 2 aromatic carbocycles. The summed E-state index contributed by atoms with van der Waals surface area (Å²) in [6.45, 7) is 0.0408. The predicted molar refractivity (Wildman–Crippen MR) is 76.0 cm³/mol. The second-order valence-corrected chi connectivity index (χ2v) is 4.13. The summed E-state index contributed by atoms with van der Waals surface area (Å²) in [5.74, 6) is 0.0466. The Morgan fingerprint density at radius 1 is 1.05 bits per heavy atom. The third-order valence-corrected chi connectivity index (χ3v) is 2.61. The number of aliphatic imine (C=N–C) groups is 1. The van der Waals surface area contributed by atoms with E-state index >= 15 is 0 Å². The Bertz CT molecular complexity index is 631. The molecule has 0 spiro atoms. The molecule has 0 atom stereocenters. The number of esters is 1. The van der Waals surface area contributed by atoms with Gasteiger partial charge in [-0.2, -0.15) is 4.99 Å². The van der Waals surface area contributed by atoms with E-state index in [2.05, 4.69) is 4.99 Å². The monoisotopic (exact) mass is 283 g/mol. The first-order valence-corrected chi connectivity index (χ1v) is 6.28. The molecule has 0 aliphatic rings. The van der Waals surface area contributed by atoms with E-state index in [4.69, 9.17) is 9.47 Å². The quantitative estimate of drug-likeness (QED) is 0.464.